The van der Waals surface area contributed by atoms with E-state index in [2.05, 4.69) is 5.32 Å². The maximum absolute atomic E-state index is 12.1. The second kappa shape index (κ2) is 7.29. The number of hydrogen-bond acceptors (Lipinski definition) is 2. The van der Waals surface area contributed by atoms with Crippen molar-refractivity contribution in [1.29, 1.82) is 0 Å². The van der Waals surface area contributed by atoms with Crippen LogP contribution in [0.1, 0.15) is 32.8 Å². The van der Waals surface area contributed by atoms with Gasteiger partial charge in [0.05, 0.1) is 0 Å². The minimum Gasteiger partial charge on any atom is -0.331 e. The first kappa shape index (κ1) is 16.5. The fraction of sp³-hybridized carbons (Fsp3) is 0.467. The van der Waals surface area contributed by atoms with Crippen molar-refractivity contribution in [2.45, 2.75) is 40.2 Å². The van der Waals surface area contributed by atoms with Crippen LogP contribution in [0.25, 0.3) is 0 Å². The Morgan fingerprint density at radius 2 is 2.05 bits per heavy atom. The molecule has 0 saturated carbocycles. The van der Waals surface area contributed by atoms with Gasteiger partial charge in [0.1, 0.15) is 6.54 Å². The van der Waals surface area contributed by atoms with Crippen LogP contribution >= 0.6 is 11.6 Å². The summed E-state index contributed by atoms with van der Waals surface area (Å²) in [6.45, 7) is 7.34. The van der Waals surface area contributed by atoms with Gasteiger partial charge in [-0.1, -0.05) is 24.6 Å². The van der Waals surface area contributed by atoms with Crippen molar-refractivity contribution >= 4 is 29.1 Å². The number of carbonyl (C=O) groups excluding carboxylic acids is 2. The van der Waals surface area contributed by atoms with E-state index in [1.807, 2.05) is 26.8 Å². The largest absolute Gasteiger partial charge is 0.331 e. The van der Waals surface area contributed by atoms with Crippen molar-refractivity contribution in [2.75, 3.05) is 11.9 Å². The quantitative estimate of drug-likeness (QED) is 0.907. The van der Waals surface area contributed by atoms with E-state index in [-0.39, 0.29) is 24.4 Å². The fourth-order valence-electron chi connectivity index (χ4n) is 1.87. The Balaban J connectivity index is 2.75. The molecule has 1 atom stereocenters. The predicted molar refractivity (Wildman–Crippen MR) is 82.0 cm³/mol. The third-order valence-electron chi connectivity index (χ3n) is 3.32. The van der Waals surface area contributed by atoms with Gasteiger partial charge in [0.25, 0.3) is 0 Å². The van der Waals surface area contributed by atoms with Crippen molar-refractivity contribution in [2.24, 2.45) is 0 Å². The highest BCUT2D eigenvalue weighted by Crippen LogP contribution is 2.20. The lowest BCUT2D eigenvalue weighted by Crippen LogP contribution is -2.42. The summed E-state index contributed by atoms with van der Waals surface area (Å²) in [5.74, 6) is -0.316. The van der Waals surface area contributed by atoms with E-state index in [1.54, 1.807) is 17.0 Å². The van der Waals surface area contributed by atoms with E-state index >= 15 is 0 Å². The molecule has 4 nitrogen and oxygen atoms in total. The second-order valence-electron chi connectivity index (χ2n) is 4.91. The summed E-state index contributed by atoms with van der Waals surface area (Å²) in [6.07, 6.45) is 0.809. The number of anilines is 1. The number of carbonyl (C=O) groups is 2. The van der Waals surface area contributed by atoms with Crippen molar-refractivity contribution in [3.63, 3.8) is 0 Å². The maximum atomic E-state index is 12.1. The molecule has 110 valence electrons. The first-order chi connectivity index (χ1) is 9.35. The molecule has 0 aliphatic rings. The van der Waals surface area contributed by atoms with Crippen LogP contribution in [-0.4, -0.2) is 29.3 Å². The molecule has 0 aromatic heterocycles. The molecule has 0 spiro atoms. The average Bonchev–Trinajstić information content (AvgIpc) is 2.39. The van der Waals surface area contributed by atoms with Gasteiger partial charge in [0.2, 0.25) is 11.8 Å². The highest BCUT2D eigenvalue weighted by molar-refractivity contribution is 6.31. The number of halogens is 1. The number of aryl methyl sites for hydroxylation is 1. The monoisotopic (exact) mass is 296 g/mol. The van der Waals surface area contributed by atoms with Crippen LogP contribution in [-0.2, 0) is 9.59 Å². The summed E-state index contributed by atoms with van der Waals surface area (Å²) < 4.78 is 0. The third kappa shape index (κ3) is 4.53. The lowest BCUT2D eigenvalue weighted by Gasteiger charge is -2.26. The first-order valence-corrected chi connectivity index (χ1v) is 7.06. The molecule has 5 heteroatoms. The van der Waals surface area contributed by atoms with E-state index in [9.17, 15) is 9.59 Å². The zero-order valence-electron chi connectivity index (χ0n) is 12.4. The Hall–Kier alpha value is -1.55. The van der Waals surface area contributed by atoms with E-state index in [0.29, 0.717) is 10.7 Å². The molecule has 20 heavy (non-hydrogen) atoms. The maximum Gasteiger partial charge on any atom is 0.244 e. The van der Waals surface area contributed by atoms with Crippen molar-refractivity contribution in [3.8, 4) is 0 Å². The number of rotatable bonds is 5. The van der Waals surface area contributed by atoms with Crippen molar-refractivity contribution in [1.82, 2.24) is 4.90 Å². The number of benzene rings is 1. The van der Waals surface area contributed by atoms with Gasteiger partial charge in [-0.25, -0.2) is 0 Å². The topological polar surface area (TPSA) is 49.4 Å². The highest BCUT2D eigenvalue weighted by Gasteiger charge is 2.18. The molecule has 1 rings (SSSR count). The van der Waals surface area contributed by atoms with E-state index in [4.69, 9.17) is 11.6 Å². The Kier molecular flexibility index (Phi) is 6.02. The lowest BCUT2D eigenvalue weighted by molar-refractivity contribution is -0.134. The van der Waals surface area contributed by atoms with E-state index < -0.39 is 0 Å². The molecule has 0 aliphatic heterocycles. The molecule has 1 unspecified atom stereocenters. The third-order valence-corrected chi connectivity index (χ3v) is 3.55. The van der Waals surface area contributed by atoms with Gasteiger partial charge < -0.3 is 10.2 Å². The Labute approximate surface area is 125 Å². The highest BCUT2D eigenvalue weighted by atomic mass is 35.5. The van der Waals surface area contributed by atoms with Gasteiger partial charge in [0, 0.05) is 23.7 Å². The Bertz CT molecular complexity index is 503. The number of amides is 2. The van der Waals surface area contributed by atoms with Crippen LogP contribution in [0.3, 0.4) is 0 Å². The Morgan fingerprint density at radius 1 is 1.40 bits per heavy atom. The molecule has 0 fully saturated rings. The zero-order valence-corrected chi connectivity index (χ0v) is 13.1. The average molecular weight is 297 g/mol. The second-order valence-corrected chi connectivity index (χ2v) is 5.35. The van der Waals surface area contributed by atoms with Gasteiger partial charge >= 0.3 is 0 Å². The summed E-state index contributed by atoms with van der Waals surface area (Å²) in [7, 11) is 0. The molecule has 0 aliphatic carbocycles. The van der Waals surface area contributed by atoms with Crippen molar-refractivity contribution < 1.29 is 9.59 Å². The SMILES string of the molecule is CCC(C)N(CC(=O)Nc1cc(Cl)ccc1C)C(C)=O. The summed E-state index contributed by atoms with van der Waals surface area (Å²) in [5.41, 5.74) is 1.61. The smallest absolute Gasteiger partial charge is 0.244 e. The van der Waals surface area contributed by atoms with Gasteiger partial charge in [0.15, 0.2) is 0 Å². The van der Waals surface area contributed by atoms with Gasteiger partial charge in [-0.3, -0.25) is 9.59 Å². The lowest BCUT2D eigenvalue weighted by atomic mass is 10.2. The number of nitrogens with one attached hydrogen (secondary N) is 1. The minimum atomic E-state index is -0.217. The van der Waals surface area contributed by atoms with Crippen LogP contribution in [0, 0.1) is 6.92 Å². The molecule has 0 heterocycles. The summed E-state index contributed by atoms with van der Waals surface area (Å²) >= 11 is 5.91. The van der Waals surface area contributed by atoms with Crippen LogP contribution in [0.15, 0.2) is 18.2 Å². The molecule has 1 aromatic rings. The van der Waals surface area contributed by atoms with Crippen LogP contribution in [0.5, 0.6) is 0 Å². The summed E-state index contributed by atoms with van der Waals surface area (Å²) in [5, 5.41) is 3.36. The normalized spacial score (nSPS) is 11.8. The minimum absolute atomic E-state index is 0.0405. The molecular weight excluding hydrogens is 276 g/mol. The van der Waals surface area contributed by atoms with Crippen LogP contribution in [0.2, 0.25) is 5.02 Å². The molecule has 1 N–H and O–H groups in total. The first-order valence-electron chi connectivity index (χ1n) is 6.68. The predicted octanol–water partition coefficient (Wildman–Crippen LogP) is 3.23. The molecule has 0 saturated heterocycles. The van der Waals surface area contributed by atoms with Crippen LogP contribution in [0.4, 0.5) is 5.69 Å². The fourth-order valence-corrected chi connectivity index (χ4v) is 2.04. The van der Waals surface area contributed by atoms with Gasteiger partial charge in [-0.2, -0.15) is 0 Å². The van der Waals surface area contributed by atoms with Gasteiger partial charge in [-0.05, 0) is 38.0 Å². The molecule has 0 radical (unpaired) electrons. The van der Waals surface area contributed by atoms with E-state index in [0.717, 1.165) is 12.0 Å². The zero-order chi connectivity index (χ0) is 15.3. The molecule has 1 aromatic carbocycles. The van der Waals surface area contributed by atoms with Crippen LogP contribution < -0.4 is 5.32 Å². The van der Waals surface area contributed by atoms with Crippen molar-refractivity contribution in [3.05, 3.63) is 28.8 Å². The molecule has 2 amide bonds. The standard InChI is InChI=1S/C15H21ClN2O2/c1-5-11(3)18(12(4)19)9-15(20)17-14-8-13(16)7-6-10(14)2/h6-8,11H,5,9H2,1-4H3,(H,17,20). The van der Waals surface area contributed by atoms with E-state index in [1.165, 1.54) is 6.92 Å². The van der Waals surface area contributed by atoms with Gasteiger partial charge in [-0.15, -0.1) is 0 Å². The Morgan fingerprint density at radius 3 is 2.60 bits per heavy atom. The number of nitrogens with zero attached hydrogens (tertiary/aromatic N) is 1. The number of hydrogen-bond donors (Lipinski definition) is 1. The summed E-state index contributed by atoms with van der Waals surface area (Å²) in [6, 6.07) is 5.36. The molecular formula is C15H21ClN2O2. The molecule has 0 bridgehead atoms. The summed E-state index contributed by atoms with van der Waals surface area (Å²) in [4.78, 5) is 25.2.